The average molecular weight is 308 g/mol. The van der Waals surface area contributed by atoms with Crippen molar-refractivity contribution in [3.8, 4) is 0 Å². The molecule has 0 bridgehead atoms. The molecule has 0 radical (unpaired) electrons. The van der Waals surface area contributed by atoms with Crippen molar-refractivity contribution in [2.75, 3.05) is 0 Å². The summed E-state index contributed by atoms with van der Waals surface area (Å²) >= 11 is 0. The Balaban J connectivity index is 2.04. The van der Waals surface area contributed by atoms with E-state index in [0.29, 0.717) is 0 Å². The monoisotopic (exact) mass is 308 g/mol. The molecule has 1 unspecified atom stereocenters. The fourth-order valence-corrected chi connectivity index (χ4v) is 1.97. The van der Waals surface area contributed by atoms with Gasteiger partial charge in [0.15, 0.2) is 0 Å². The second-order valence-electron chi connectivity index (χ2n) is 4.94. The van der Waals surface area contributed by atoms with Crippen LogP contribution < -0.4 is 0 Å². The molecular weight excluding hydrogens is 293 g/mol. The number of halogens is 3. The van der Waals surface area contributed by atoms with Crippen LogP contribution in [0, 0.1) is 0 Å². The topological polar surface area (TPSA) is 26.3 Å². The third-order valence-corrected chi connectivity index (χ3v) is 3.29. The van der Waals surface area contributed by atoms with Crippen LogP contribution in [-0.4, -0.2) is 5.97 Å². The van der Waals surface area contributed by atoms with E-state index < -0.39 is 23.6 Å². The molecule has 2 nitrogen and oxygen atoms in total. The lowest BCUT2D eigenvalue weighted by Gasteiger charge is -2.14. The van der Waals surface area contributed by atoms with E-state index in [-0.39, 0.29) is 12.2 Å². The van der Waals surface area contributed by atoms with E-state index in [2.05, 4.69) is 0 Å². The lowest BCUT2D eigenvalue weighted by Crippen LogP contribution is -2.14. The maximum Gasteiger partial charge on any atom is 0.416 e. The lowest BCUT2D eigenvalue weighted by molar-refractivity contribution is -0.146. The Labute approximate surface area is 126 Å². The van der Waals surface area contributed by atoms with Gasteiger partial charge in [-0.3, -0.25) is 4.79 Å². The molecule has 1 atom stereocenters. The van der Waals surface area contributed by atoms with Crippen LogP contribution in [-0.2, 0) is 22.3 Å². The Morgan fingerprint density at radius 3 is 2.41 bits per heavy atom. The van der Waals surface area contributed by atoms with E-state index in [1.54, 1.807) is 0 Å². The van der Waals surface area contributed by atoms with Gasteiger partial charge in [-0.2, -0.15) is 13.2 Å². The number of ether oxygens (including phenoxy) is 1. The van der Waals surface area contributed by atoms with Crippen molar-refractivity contribution in [1.82, 2.24) is 0 Å². The van der Waals surface area contributed by atoms with Crippen molar-refractivity contribution in [3.63, 3.8) is 0 Å². The van der Waals surface area contributed by atoms with Crippen LogP contribution in [0.25, 0.3) is 0 Å². The summed E-state index contributed by atoms with van der Waals surface area (Å²) in [4.78, 5) is 12.0. The van der Waals surface area contributed by atoms with E-state index in [1.165, 1.54) is 19.1 Å². The molecule has 5 heteroatoms. The van der Waals surface area contributed by atoms with Gasteiger partial charge in [0.05, 0.1) is 11.5 Å². The summed E-state index contributed by atoms with van der Waals surface area (Å²) < 4.78 is 43.2. The Morgan fingerprint density at radius 2 is 1.77 bits per heavy atom. The second kappa shape index (κ2) is 6.64. The molecule has 0 saturated carbocycles. The first-order valence-electron chi connectivity index (χ1n) is 6.75. The van der Waals surface area contributed by atoms with Crippen molar-refractivity contribution >= 4 is 5.97 Å². The van der Waals surface area contributed by atoms with Crippen molar-refractivity contribution in [3.05, 3.63) is 71.3 Å². The molecule has 0 amide bonds. The number of alkyl halides is 3. The summed E-state index contributed by atoms with van der Waals surface area (Å²) in [7, 11) is 0. The van der Waals surface area contributed by atoms with Gasteiger partial charge in [-0.1, -0.05) is 48.5 Å². The molecule has 0 saturated heterocycles. The molecule has 22 heavy (non-hydrogen) atoms. The Bertz CT molecular complexity index is 636. The molecule has 2 aromatic rings. The van der Waals surface area contributed by atoms with Gasteiger partial charge in [0, 0.05) is 0 Å². The SMILES string of the molecule is CC(C(=O)OCc1ccccc1)c1cccc(C(F)(F)F)c1. The molecule has 0 spiro atoms. The van der Waals surface area contributed by atoms with Crippen molar-refractivity contribution < 1.29 is 22.7 Å². The highest BCUT2D eigenvalue weighted by atomic mass is 19.4. The first-order valence-corrected chi connectivity index (χ1v) is 6.75. The molecule has 0 aliphatic heterocycles. The Morgan fingerprint density at radius 1 is 1.09 bits per heavy atom. The maximum atomic E-state index is 12.7. The smallest absolute Gasteiger partial charge is 0.416 e. The Kier molecular flexibility index (Phi) is 4.85. The number of carbonyl (C=O) groups is 1. The normalized spacial score (nSPS) is 12.7. The number of carbonyl (C=O) groups excluding carboxylic acids is 1. The van der Waals surface area contributed by atoms with Gasteiger partial charge in [-0.05, 0) is 24.1 Å². The van der Waals surface area contributed by atoms with Gasteiger partial charge in [-0.15, -0.1) is 0 Å². The summed E-state index contributed by atoms with van der Waals surface area (Å²) in [5.74, 6) is -1.31. The molecule has 116 valence electrons. The standard InChI is InChI=1S/C17H15F3O2/c1-12(14-8-5-9-15(10-14)17(18,19)20)16(21)22-11-13-6-3-2-4-7-13/h2-10,12H,11H2,1H3. The second-order valence-corrected chi connectivity index (χ2v) is 4.94. The minimum atomic E-state index is -4.43. The van der Waals surface area contributed by atoms with Gasteiger partial charge in [0.2, 0.25) is 0 Å². The summed E-state index contributed by atoms with van der Waals surface area (Å²) in [6, 6.07) is 13.8. The minimum absolute atomic E-state index is 0.100. The molecular formula is C17H15F3O2. The van der Waals surface area contributed by atoms with E-state index in [1.807, 2.05) is 30.3 Å². The van der Waals surface area contributed by atoms with Gasteiger partial charge >= 0.3 is 12.1 Å². The fraction of sp³-hybridized carbons (Fsp3) is 0.235. The zero-order valence-corrected chi connectivity index (χ0v) is 11.9. The largest absolute Gasteiger partial charge is 0.460 e. The first-order chi connectivity index (χ1) is 10.4. The summed E-state index contributed by atoms with van der Waals surface area (Å²) in [5.41, 5.74) is 0.340. The van der Waals surface area contributed by atoms with E-state index >= 15 is 0 Å². The van der Waals surface area contributed by atoms with E-state index in [4.69, 9.17) is 4.74 Å². The Hall–Kier alpha value is -2.30. The lowest BCUT2D eigenvalue weighted by atomic mass is 9.99. The molecule has 2 rings (SSSR count). The van der Waals surface area contributed by atoms with Crippen LogP contribution in [0.2, 0.25) is 0 Å². The zero-order chi connectivity index (χ0) is 16.2. The van der Waals surface area contributed by atoms with Crippen LogP contribution in [0.4, 0.5) is 13.2 Å². The van der Waals surface area contributed by atoms with Gasteiger partial charge in [0.25, 0.3) is 0 Å². The van der Waals surface area contributed by atoms with Crippen molar-refractivity contribution in [2.45, 2.75) is 25.6 Å². The van der Waals surface area contributed by atoms with Crippen LogP contribution in [0.15, 0.2) is 54.6 Å². The average Bonchev–Trinajstić information content (AvgIpc) is 2.52. The summed E-state index contributed by atoms with van der Waals surface area (Å²) in [5, 5.41) is 0. The van der Waals surface area contributed by atoms with Crippen LogP contribution in [0.1, 0.15) is 29.5 Å². The molecule has 0 heterocycles. The fourth-order valence-electron chi connectivity index (χ4n) is 1.97. The number of hydrogen-bond acceptors (Lipinski definition) is 2. The predicted octanol–water partition coefficient (Wildman–Crippen LogP) is 4.55. The molecule has 0 fully saturated rings. The van der Waals surface area contributed by atoms with Crippen LogP contribution in [0.3, 0.4) is 0 Å². The maximum absolute atomic E-state index is 12.7. The van der Waals surface area contributed by atoms with Crippen molar-refractivity contribution in [1.29, 1.82) is 0 Å². The molecule has 2 aromatic carbocycles. The third-order valence-electron chi connectivity index (χ3n) is 3.29. The summed E-state index contributed by atoms with van der Waals surface area (Å²) in [6.45, 7) is 1.63. The van der Waals surface area contributed by atoms with Crippen LogP contribution in [0.5, 0.6) is 0 Å². The predicted molar refractivity (Wildman–Crippen MR) is 76.1 cm³/mol. The number of hydrogen-bond donors (Lipinski definition) is 0. The van der Waals surface area contributed by atoms with Gasteiger partial charge in [0.1, 0.15) is 6.61 Å². The molecule has 0 aromatic heterocycles. The van der Waals surface area contributed by atoms with E-state index in [9.17, 15) is 18.0 Å². The third kappa shape index (κ3) is 4.10. The van der Waals surface area contributed by atoms with Gasteiger partial charge < -0.3 is 4.74 Å². The summed E-state index contributed by atoms with van der Waals surface area (Å²) in [6.07, 6.45) is -4.43. The number of rotatable bonds is 4. The highest BCUT2D eigenvalue weighted by Crippen LogP contribution is 2.31. The quantitative estimate of drug-likeness (QED) is 0.774. The number of benzene rings is 2. The zero-order valence-electron chi connectivity index (χ0n) is 11.9. The number of esters is 1. The van der Waals surface area contributed by atoms with Crippen LogP contribution >= 0.6 is 0 Å². The molecule has 0 N–H and O–H groups in total. The highest BCUT2D eigenvalue weighted by molar-refractivity contribution is 5.77. The molecule has 0 aliphatic rings. The van der Waals surface area contributed by atoms with Gasteiger partial charge in [-0.25, -0.2) is 0 Å². The van der Waals surface area contributed by atoms with Crippen molar-refractivity contribution in [2.24, 2.45) is 0 Å². The molecule has 0 aliphatic carbocycles. The first kappa shape index (κ1) is 16.1. The van der Waals surface area contributed by atoms with E-state index in [0.717, 1.165) is 17.7 Å². The highest BCUT2D eigenvalue weighted by Gasteiger charge is 2.31. The minimum Gasteiger partial charge on any atom is -0.460 e.